The van der Waals surface area contributed by atoms with E-state index in [2.05, 4.69) is 61.3 Å². The van der Waals surface area contributed by atoms with Gasteiger partial charge in [-0.25, -0.2) is 4.98 Å². The van der Waals surface area contributed by atoms with Gasteiger partial charge in [0.25, 0.3) is 0 Å². The standard InChI is InChI=1S/C14H19N3S/c1-10-5-6-12(9-13(10)17(3)4)16-11(2)14-15-7-8-18-14/h5-9,11,16H,1-4H3. The molecule has 0 aliphatic heterocycles. The number of nitrogens with one attached hydrogen (secondary N) is 1. The van der Waals surface area contributed by atoms with Gasteiger partial charge in [0.15, 0.2) is 0 Å². The fourth-order valence-corrected chi connectivity index (χ4v) is 2.59. The number of aromatic nitrogens is 1. The molecule has 1 aromatic heterocycles. The van der Waals surface area contributed by atoms with E-state index in [0.717, 1.165) is 10.7 Å². The fraction of sp³-hybridized carbons (Fsp3) is 0.357. The van der Waals surface area contributed by atoms with Crippen molar-refractivity contribution in [2.75, 3.05) is 24.3 Å². The van der Waals surface area contributed by atoms with Crippen LogP contribution in [-0.4, -0.2) is 19.1 Å². The highest BCUT2D eigenvalue weighted by atomic mass is 32.1. The van der Waals surface area contributed by atoms with Gasteiger partial charge in [-0.2, -0.15) is 0 Å². The first-order chi connectivity index (χ1) is 8.58. The summed E-state index contributed by atoms with van der Waals surface area (Å²) in [5.41, 5.74) is 3.66. The molecular formula is C14H19N3S. The van der Waals surface area contributed by atoms with Crippen LogP contribution in [0.25, 0.3) is 0 Å². The Balaban J connectivity index is 2.17. The molecule has 0 saturated heterocycles. The Morgan fingerprint density at radius 2 is 2.11 bits per heavy atom. The van der Waals surface area contributed by atoms with Crippen LogP contribution in [0.2, 0.25) is 0 Å². The highest BCUT2D eigenvalue weighted by molar-refractivity contribution is 7.09. The summed E-state index contributed by atoms with van der Waals surface area (Å²) in [5.74, 6) is 0. The number of aryl methyl sites for hydroxylation is 1. The summed E-state index contributed by atoms with van der Waals surface area (Å²) < 4.78 is 0. The van der Waals surface area contributed by atoms with Gasteiger partial charge in [-0.1, -0.05) is 6.07 Å². The smallest absolute Gasteiger partial charge is 0.115 e. The molecule has 18 heavy (non-hydrogen) atoms. The van der Waals surface area contributed by atoms with E-state index >= 15 is 0 Å². The lowest BCUT2D eigenvalue weighted by Crippen LogP contribution is -2.12. The number of nitrogens with zero attached hydrogens (tertiary/aromatic N) is 2. The van der Waals surface area contributed by atoms with Crippen LogP contribution in [-0.2, 0) is 0 Å². The first-order valence-corrected chi connectivity index (χ1v) is 6.90. The summed E-state index contributed by atoms with van der Waals surface area (Å²) in [6.45, 7) is 4.26. The molecule has 1 N–H and O–H groups in total. The summed E-state index contributed by atoms with van der Waals surface area (Å²) in [7, 11) is 4.13. The average molecular weight is 261 g/mol. The van der Waals surface area contributed by atoms with Gasteiger partial charge in [-0.15, -0.1) is 11.3 Å². The largest absolute Gasteiger partial charge is 0.377 e. The summed E-state index contributed by atoms with van der Waals surface area (Å²) in [6, 6.07) is 6.68. The topological polar surface area (TPSA) is 28.2 Å². The molecule has 0 amide bonds. The third kappa shape index (κ3) is 2.82. The minimum atomic E-state index is 0.239. The molecule has 4 heteroatoms. The van der Waals surface area contributed by atoms with Gasteiger partial charge in [-0.3, -0.25) is 0 Å². The quantitative estimate of drug-likeness (QED) is 0.909. The van der Waals surface area contributed by atoms with Crippen LogP contribution >= 0.6 is 11.3 Å². The third-order valence-corrected chi connectivity index (χ3v) is 3.85. The van der Waals surface area contributed by atoms with Crippen molar-refractivity contribution in [3.05, 3.63) is 40.3 Å². The Labute approximate surface area is 112 Å². The molecule has 96 valence electrons. The number of anilines is 2. The molecule has 0 fully saturated rings. The van der Waals surface area contributed by atoms with Gasteiger partial charge >= 0.3 is 0 Å². The molecule has 0 aliphatic carbocycles. The van der Waals surface area contributed by atoms with Gasteiger partial charge < -0.3 is 10.2 Å². The van der Waals surface area contributed by atoms with Gasteiger partial charge in [0.1, 0.15) is 5.01 Å². The predicted molar refractivity (Wildman–Crippen MR) is 79.7 cm³/mol. The van der Waals surface area contributed by atoms with Crippen molar-refractivity contribution < 1.29 is 0 Å². The number of rotatable bonds is 4. The third-order valence-electron chi connectivity index (χ3n) is 2.90. The normalized spacial score (nSPS) is 12.2. The van der Waals surface area contributed by atoms with Crippen molar-refractivity contribution >= 4 is 22.7 Å². The molecule has 1 heterocycles. The maximum atomic E-state index is 4.33. The van der Waals surface area contributed by atoms with Gasteiger partial charge in [0.2, 0.25) is 0 Å². The maximum Gasteiger partial charge on any atom is 0.115 e. The minimum Gasteiger partial charge on any atom is -0.377 e. The van der Waals surface area contributed by atoms with Crippen LogP contribution in [0.5, 0.6) is 0 Å². The summed E-state index contributed by atoms with van der Waals surface area (Å²) in [5, 5.41) is 6.61. The second-order valence-electron chi connectivity index (χ2n) is 4.63. The molecule has 1 aromatic carbocycles. The van der Waals surface area contributed by atoms with E-state index < -0.39 is 0 Å². The average Bonchev–Trinajstić information content (AvgIpc) is 2.85. The lowest BCUT2D eigenvalue weighted by molar-refractivity contribution is 0.869. The molecule has 1 unspecified atom stereocenters. The van der Waals surface area contributed by atoms with Crippen molar-refractivity contribution in [1.82, 2.24) is 4.98 Å². The Morgan fingerprint density at radius 3 is 2.72 bits per heavy atom. The highest BCUT2D eigenvalue weighted by Gasteiger charge is 2.09. The second-order valence-corrected chi connectivity index (χ2v) is 5.56. The van der Waals surface area contributed by atoms with Gasteiger partial charge in [-0.05, 0) is 31.5 Å². The zero-order valence-corrected chi connectivity index (χ0v) is 12.1. The van der Waals surface area contributed by atoms with Crippen LogP contribution < -0.4 is 10.2 Å². The monoisotopic (exact) mass is 261 g/mol. The van der Waals surface area contributed by atoms with Crippen LogP contribution in [0.1, 0.15) is 23.5 Å². The second kappa shape index (κ2) is 5.40. The van der Waals surface area contributed by atoms with Crippen molar-refractivity contribution in [3.8, 4) is 0 Å². The van der Waals surface area contributed by atoms with E-state index in [0.29, 0.717) is 0 Å². The van der Waals surface area contributed by atoms with Crippen molar-refractivity contribution in [3.63, 3.8) is 0 Å². The summed E-state index contributed by atoms with van der Waals surface area (Å²) in [6.07, 6.45) is 1.85. The predicted octanol–water partition coefficient (Wildman–Crippen LogP) is 3.69. The highest BCUT2D eigenvalue weighted by Crippen LogP contribution is 2.26. The SMILES string of the molecule is Cc1ccc(NC(C)c2nccs2)cc1N(C)C. The lowest BCUT2D eigenvalue weighted by Gasteiger charge is -2.19. The summed E-state index contributed by atoms with van der Waals surface area (Å²) in [4.78, 5) is 6.47. The van der Waals surface area contributed by atoms with Crippen LogP contribution in [0.15, 0.2) is 29.8 Å². The molecule has 0 saturated carbocycles. The number of hydrogen-bond donors (Lipinski definition) is 1. The molecule has 0 radical (unpaired) electrons. The molecule has 0 spiro atoms. The van der Waals surface area contributed by atoms with E-state index in [1.807, 2.05) is 11.6 Å². The molecule has 0 aliphatic rings. The minimum absolute atomic E-state index is 0.239. The zero-order chi connectivity index (χ0) is 13.1. The number of benzene rings is 1. The lowest BCUT2D eigenvalue weighted by atomic mass is 10.1. The van der Waals surface area contributed by atoms with Crippen LogP contribution in [0, 0.1) is 6.92 Å². The van der Waals surface area contributed by atoms with Crippen molar-refractivity contribution in [2.24, 2.45) is 0 Å². The molecule has 0 bridgehead atoms. The Bertz CT molecular complexity index is 506. The Hall–Kier alpha value is -1.55. The van der Waals surface area contributed by atoms with Gasteiger partial charge in [0, 0.05) is 37.0 Å². The van der Waals surface area contributed by atoms with Gasteiger partial charge in [0.05, 0.1) is 6.04 Å². The Kier molecular flexibility index (Phi) is 3.87. The molecule has 3 nitrogen and oxygen atoms in total. The number of hydrogen-bond acceptors (Lipinski definition) is 4. The van der Waals surface area contributed by atoms with E-state index in [-0.39, 0.29) is 6.04 Å². The Morgan fingerprint density at radius 1 is 1.33 bits per heavy atom. The van der Waals surface area contributed by atoms with E-state index in [4.69, 9.17) is 0 Å². The van der Waals surface area contributed by atoms with E-state index in [9.17, 15) is 0 Å². The van der Waals surface area contributed by atoms with E-state index in [1.54, 1.807) is 11.3 Å². The molecular weight excluding hydrogens is 242 g/mol. The first-order valence-electron chi connectivity index (χ1n) is 6.02. The molecule has 2 aromatic rings. The maximum absolute atomic E-state index is 4.33. The van der Waals surface area contributed by atoms with Crippen molar-refractivity contribution in [2.45, 2.75) is 19.9 Å². The van der Waals surface area contributed by atoms with E-state index in [1.165, 1.54) is 11.3 Å². The zero-order valence-electron chi connectivity index (χ0n) is 11.3. The number of thiazole rings is 1. The fourth-order valence-electron chi connectivity index (χ4n) is 1.94. The summed E-state index contributed by atoms with van der Waals surface area (Å²) >= 11 is 1.68. The van der Waals surface area contributed by atoms with Crippen LogP contribution in [0.3, 0.4) is 0 Å². The van der Waals surface area contributed by atoms with Crippen LogP contribution in [0.4, 0.5) is 11.4 Å². The first kappa shape index (κ1) is 12.9. The van der Waals surface area contributed by atoms with Crippen molar-refractivity contribution in [1.29, 1.82) is 0 Å². The molecule has 2 rings (SSSR count). The molecule has 1 atom stereocenters.